The number of benzene rings is 1. The number of aryl methyl sites for hydroxylation is 2. The van der Waals surface area contributed by atoms with Gasteiger partial charge in [-0.15, -0.1) is 13.2 Å². The van der Waals surface area contributed by atoms with Crippen molar-refractivity contribution in [3.8, 4) is 11.5 Å². The van der Waals surface area contributed by atoms with Crippen LogP contribution in [0.1, 0.15) is 109 Å². The molecule has 3 aliphatic heterocycles. The average Bonchev–Trinajstić information content (AvgIpc) is 3.85. The third kappa shape index (κ3) is 9.33. The Bertz CT molecular complexity index is 2250. The maximum Gasteiger partial charge on any atom is 0.573 e. The van der Waals surface area contributed by atoms with Crippen molar-refractivity contribution >= 4 is 44.7 Å². The first-order valence-corrected chi connectivity index (χ1v) is 22.8. The molecule has 2 aliphatic carbocycles. The first kappa shape index (κ1) is 45.4. The van der Waals surface area contributed by atoms with Crippen LogP contribution >= 0.6 is 0 Å². The van der Waals surface area contributed by atoms with Gasteiger partial charge in [-0.3, -0.25) is 19.1 Å². The van der Waals surface area contributed by atoms with Gasteiger partial charge in [0.15, 0.2) is 0 Å². The summed E-state index contributed by atoms with van der Waals surface area (Å²) in [6.45, 7) is 6.91. The van der Waals surface area contributed by atoms with Gasteiger partial charge in [-0.2, -0.15) is 0 Å². The quantitative estimate of drug-likeness (QED) is 0.258. The van der Waals surface area contributed by atoms with Crippen LogP contribution in [-0.4, -0.2) is 102 Å². The maximum atomic E-state index is 14.9. The summed E-state index contributed by atoms with van der Waals surface area (Å²) in [4.78, 5) is 63.4. The summed E-state index contributed by atoms with van der Waals surface area (Å²) in [5, 5.41) is 6.10. The number of amides is 4. The third-order valence-corrected chi connectivity index (χ3v) is 15.4. The van der Waals surface area contributed by atoms with Crippen LogP contribution in [0.3, 0.4) is 0 Å². The lowest BCUT2D eigenvalue weighted by molar-refractivity contribution is -0.274. The normalized spacial score (nSPS) is 27.6. The first-order chi connectivity index (χ1) is 29.1. The SMILES string of the molecule is COCCC(C)(C)OC(=O)NC1CCCCCC=CC2CCC2(C(=O)NS(=O)(=O)C2(C)CC2)NC(=O)C2CC3(CCc4c(c(C)nc5ccc(OC(F)(F)F)cc45)O3)CN2C1=O. The Labute approximate surface area is 359 Å². The molecule has 3 N–H and O–H groups in total. The number of rotatable bonds is 9. The second-order valence-electron chi connectivity index (χ2n) is 18.3. The fourth-order valence-electron chi connectivity index (χ4n) is 9.06. The molecule has 1 spiro atoms. The molecule has 1 aromatic heterocycles. The molecule has 0 bridgehead atoms. The lowest BCUT2D eigenvalue weighted by Crippen LogP contribution is -2.70. The van der Waals surface area contributed by atoms with E-state index in [1.807, 2.05) is 12.2 Å². The predicted molar refractivity (Wildman–Crippen MR) is 219 cm³/mol. The molecule has 1 aromatic carbocycles. The van der Waals surface area contributed by atoms with Gasteiger partial charge >= 0.3 is 12.5 Å². The van der Waals surface area contributed by atoms with Crippen molar-refractivity contribution in [1.82, 2.24) is 25.2 Å². The summed E-state index contributed by atoms with van der Waals surface area (Å²) >= 11 is 0. The minimum absolute atomic E-state index is 0.0610. The number of ether oxygens (including phenoxy) is 4. The fraction of sp³-hybridized carbons (Fsp3) is 0.651. The van der Waals surface area contributed by atoms with Crippen molar-refractivity contribution in [2.75, 3.05) is 20.3 Å². The van der Waals surface area contributed by atoms with Crippen molar-refractivity contribution < 1.29 is 59.7 Å². The van der Waals surface area contributed by atoms with Crippen LogP contribution in [0.15, 0.2) is 30.4 Å². The van der Waals surface area contributed by atoms with Crippen LogP contribution in [0.4, 0.5) is 18.0 Å². The van der Waals surface area contributed by atoms with E-state index in [1.165, 1.54) is 30.2 Å². The van der Waals surface area contributed by atoms with Crippen LogP contribution in [-0.2, 0) is 40.3 Å². The summed E-state index contributed by atoms with van der Waals surface area (Å²) in [5.41, 5.74) is -2.31. The Morgan fingerprint density at radius 3 is 2.52 bits per heavy atom. The second-order valence-corrected chi connectivity index (χ2v) is 20.5. The molecule has 5 atom stereocenters. The summed E-state index contributed by atoms with van der Waals surface area (Å²) < 4.78 is 89.4. The Hall–Kier alpha value is -4.65. The zero-order valence-corrected chi connectivity index (χ0v) is 36.6. The number of allylic oxidation sites excluding steroid dienone is 1. The molecule has 4 amide bonds. The molecule has 7 rings (SSSR count). The molecule has 19 heteroatoms. The van der Waals surface area contributed by atoms with E-state index in [0.29, 0.717) is 79.5 Å². The summed E-state index contributed by atoms with van der Waals surface area (Å²) in [6, 6.07) is 1.51. The van der Waals surface area contributed by atoms with Gasteiger partial charge in [0.25, 0.3) is 5.91 Å². The van der Waals surface area contributed by atoms with Crippen molar-refractivity contribution in [3.05, 3.63) is 41.6 Å². The molecule has 1 saturated heterocycles. The zero-order valence-electron chi connectivity index (χ0n) is 35.7. The van der Waals surface area contributed by atoms with Gasteiger partial charge in [0.2, 0.25) is 21.8 Å². The summed E-state index contributed by atoms with van der Waals surface area (Å²) in [6.07, 6.45) is 3.13. The largest absolute Gasteiger partial charge is 0.573 e. The smallest absolute Gasteiger partial charge is 0.483 e. The molecule has 5 unspecified atom stereocenters. The Kier molecular flexibility index (Phi) is 12.3. The Morgan fingerprint density at radius 1 is 1.08 bits per heavy atom. The number of nitrogens with zero attached hydrogens (tertiary/aromatic N) is 2. The maximum absolute atomic E-state index is 14.9. The molecular weight excluding hydrogens is 836 g/mol. The molecule has 340 valence electrons. The number of hydrogen-bond acceptors (Lipinski definition) is 11. The van der Waals surface area contributed by atoms with E-state index in [9.17, 15) is 40.8 Å². The number of aromatic nitrogens is 1. The number of methoxy groups -OCH3 is 1. The summed E-state index contributed by atoms with van der Waals surface area (Å²) in [5.74, 6) is -2.78. The Morgan fingerprint density at radius 2 is 1.84 bits per heavy atom. The van der Waals surface area contributed by atoms with Gasteiger partial charge in [0.05, 0.1) is 22.5 Å². The van der Waals surface area contributed by atoms with Gasteiger partial charge in [-0.25, -0.2) is 18.2 Å². The van der Waals surface area contributed by atoms with E-state index < -0.39 is 85.4 Å². The van der Waals surface area contributed by atoms with Gasteiger partial charge < -0.3 is 34.5 Å². The van der Waals surface area contributed by atoms with Crippen LogP contribution in [0, 0.1) is 12.8 Å². The van der Waals surface area contributed by atoms with Gasteiger partial charge in [0.1, 0.15) is 40.3 Å². The molecule has 15 nitrogen and oxygen atoms in total. The van der Waals surface area contributed by atoms with Crippen LogP contribution in [0.25, 0.3) is 10.9 Å². The molecular formula is C43H56F3N5O10S. The van der Waals surface area contributed by atoms with E-state index in [0.717, 1.165) is 6.42 Å². The van der Waals surface area contributed by atoms with E-state index in [-0.39, 0.29) is 38.6 Å². The first-order valence-electron chi connectivity index (χ1n) is 21.3. The number of halogens is 3. The fourth-order valence-corrected chi connectivity index (χ4v) is 10.4. The molecule has 62 heavy (non-hydrogen) atoms. The molecule has 3 fully saturated rings. The van der Waals surface area contributed by atoms with E-state index in [1.54, 1.807) is 27.7 Å². The van der Waals surface area contributed by atoms with Crippen molar-refractivity contribution in [2.45, 2.75) is 151 Å². The van der Waals surface area contributed by atoms with Gasteiger partial charge in [0, 0.05) is 43.4 Å². The van der Waals surface area contributed by atoms with Crippen molar-refractivity contribution in [2.24, 2.45) is 5.92 Å². The van der Waals surface area contributed by atoms with Crippen LogP contribution < -0.4 is 24.8 Å². The van der Waals surface area contributed by atoms with Crippen LogP contribution in [0.2, 0.25) is 0 Å². The minimum atomic E-state index is -4.92. The van der Waals surface area contributed by atoms with Crippen molar-refractivity contribution in [1.29, 1.82) is 0 Å². The molecule has 2 aromatic rings. The van der Waals surface area contributed by atoms with E-state index in [2.05, 4.69) is 25.1 Å². The number of carbonyl (C=O) groups is 4. The zero-order chi connectivity index (χ0) is 44.9. The number of carbonyl (C=O) groups excluding carboxylic acids is 4. The number of pyridine rings is 1. The molecule has 2 saturated carbocycles. The number of sulfonamides is 1. The van der Waals surface area contributed by atoms with E-state index >= 15 is 0 Å². The monoisotopic (exact) mass is 891 g/mol. The number of alkyl halides is 3. The number of nitrogens with one attached hydrogen (secondary N) is 3. The highest BCUT2D eigenvalue weighted by atomic mass is 32.2. The van der Waals surface area contributed by atoms with Crippen LogP contribution in [0.5, 0.6) is 11.5 Å². The number of alkyl carbamates (subject to hydrolysis) is 1. The minimum Gasteiger partial charge on any atom is -0.483 e. The van der Waals surface area contributed by atoms with Crippen molar-refractivity contribution in [3.63, 3.8) is 0 Å². The Balaban J connectivity index is 1.24. The predicted octanol–water partition coefficient (Wildman–Crippen LogP) is 5.80. The third-order valence-electron chi connectivity index (χ3n) is 13.2. The van der Waals surface area contributed by atoms with Gasteiger partial charge in [-0.05, 0) is 104 Å². The van der Waals surface area contributed by atoms with Gasteiger partial charge in [-0.1, -0.05) is 25.0 Å². The number of fused-ring (bicyclic) bond motifs is 5. The molecule has 4 heterocycles. The highest BCUT2D eigenvalue weighted by Gasteiger charge is 2.59. The summed E-state index contributed by atoms with van der Waals surface area (Å²) in [7, 11) is -2.55. The lowest BCUT2D eigenvalue weighted by Gasteiger charge is -2.48. The number of hydrogen-bond donors (Lipinski definition) is 3. The topological polar surface area (TPSA) is 192 Å². The standard InChI is InChI=1S/C43H56F3N5O10S/c1-26-34-29(30-23-28(59-43(44,45)46)13-14-31(30)47-26)16-17-41(60-34)24-33-35(52)49-42(37(54)50-62(56,57)40(4)19-20-40)18-15-27(42)11-9-7-6-8-10-12-32(36(53)51(33)25-41)48-38(55)61-39(2,3)21-22-58-5/h9,11,13-14,23,27,32-33H,6-8,10,12,15-22,24-25H2,1-5H3,(H,48,55)(H,49,52)(H,50,54). The highest BCUT2D eigenvalue weighted by molar-refractivity contribution is 7.91. The van der Waals surface area contributed by atoms with E-state index in [4.69, 9.17) is 14.2 Å². The second kappa shape index (κ2) is 16.8. The molecule has 5 aliphatic rings. The average molecular weight is 892 g/mol. The lowest BCUT2D eigenvalue weighted by atomic mass is 9.65. The molecule has 0 radical (unpaired) electrons. The highest BCUT2D eigenvalue weighted by Crippen LogP contribution is 2.47.